The van der Waals surface area contributed by atoms with Crippen molar-refractivity contribution in [1.29, 1.82) is 0 Å². The Morgan fingerprint density at radius 2 is 1.37 bits per heavy atom. The molecule has 7 nitrogen and oxygen atoms in total. The van der Waals surface area contributed by atoms with Crippen LogP contribution in [0.25, 0.3) is 0 Å². The summed E-state index contributed by atoms with van der Waals surface area (Å²) in [6.07, 6.45) is 0. The molecule has 30 heavy (non-hydrogen) atoms. The number of halogens is 1. The van der Waals surface area contributed by atoms with Crippen molar-refractivity contribution in [3.8, 4) is 0 Å². The average molecular weight is 417 g/mol. The van der Waals surface area contributed by atoms with Crippen LogP contribution >= 0.6 is 11.6 Å². The smallest absolute Gasteiger partial charge is 0.269 e. The molecule has 0 aromatic heterocycles. The molecule has 3 aromatic carbocycles. The molecule has 0 fully saturated rings. The second kappa shape index (κ2) is 8.75. The molecule has 0 spiro atoms. The Balaban J connectivity index is 1.43. The zero-order valence-electron chi connectivity index (χ0n) is 16.1. The van der Waals surface area contributed by atoms with Crippen molar-refractivity contribution in [2.75, 3.05) is 5.01 Å². The Morgan fingerprint density at radius 3 is 2.00 bits per heavy atom. The predicted molar refractivity (Wildman–Crippen MR) is 117 cm³/mol. The number of hydrazone groups is 1. The molecule has 1 aliphatic rings. The van der Waals surface area contributed by atoms with E-state index in [9.17, 15) is 4.79 Å². The minimum Gasteiger partial charge on any atom is -0.269 e. The van der Waals surface area contributed by atoms with Crippen LogP contribution in [0.4, 0.5) is 22.7 Å². The fourth-order valence-corrected chi connectivity index (χ4v) is 2.90. The lowest BCUT2D eigenvalue weighted by Crippen LogP contribution is -2.29. The van der Waals surface area contributed by atoms with Gasteiger partial charge in [0.2, 0.25) is 0 Å². The fraction of sp³-hybridized carbons (Fsp3) is 0.0909. The Bertz CT molecular complexity index is 1120. The molecule has 0 saturated carbocycles. The molecule has 148 valence electrons. The van der Waals surface area contributed by atoms with E-state index >= 15 is 0 Å². The highest BCUT2D eigenvalue weighted by atomic mass is 35.5. The van der Waals surface area contributed by atoms with Crippen LogP contribution in [0.5, 0.6) is 0 Å². The van der Waals surface area contributed by atoms with Gasteiger partial charge in [0, 0.05) is 5.02 Å². The van der Waals surface area contributed by atoms with Gasteiger partial charge in [-0.05, 0) is 67.6 Å². The minimum atomic E-state index is -0.752. The summed E-state index contributed by atoms with van der Waals surface area (Å²) in [5.74, 6) is -0.258. The van der Waals surface area contributed by atoms with Gasteiger partial charge in [0.25, 0.3) is 5.91 Å². The van der Waals surface area contributed by atoms with E-state index in [2.05, 4.69) is 25.6 Å². The molecule has 4 rings (SSSR count). The van der Waals surface area contributed by atoms with Crippen molar-refractivity contribution in [1.82, 2.24) is 0 Å². The monoisotopic (exact) mass is 416 g/mol. The molecule has 0 bridgehead atoms. The molecule has 8 heteroatoms. The van der Waals surface area contributed by atoms with Crippen LogP contribution in [0, 0.1) is 0 Å². The Kier molecular flexibility index (Phi) is 5.72. The van der Waals surface area contributed by atoms with Gasteiger partial charge in [-0.15, -0.1) is 0 Å². The van der Waals surface area contributed by atoms with Crippen molar-refractivity contribution in [3.05, 3.63) is 83.9 Å². The standard InChI is InChI=1S/C22H17ClN6O/c1-15-21(22(30)29(28-15)20-13-7-16(23)8-14-20)27-26-19-11-9-18(10-12-19)25-24-17-5-3-2-4-6-17/h2-14,21H,1H3/t21-/m1/s1. The van der Waals surface area contributed by atoms with E-state index in [-0.39, 0.29) is 5.91 Å². The van der Waals surface area contributed by atoms with E-state index in [0.29, 0.717) is 27.8 Å². The number of rotatable bonds is 5. The van der Waals surface area contributed by atoms with E-state index in [0.717, 1.165) is 5.69 Å². The highest BCUT2D eigenvalue weighted by Gasteiger charge is 2.34. The third-order valence-electron chi connectivity index (χ3n) is 4.34. The third kappa shape index (κ3) is 4.47. The van der Waals surface area contributed by atoms with E-state index < -0.39 is 6.04 Å². The minimum absolute atomic E-state index is 0.258. The van der Waals surface area contributed by atoms with Crippen molar-refractivity contribution in [3.63, 3.8) is 0 Å². The van der Waals surface area contributed by atoms with Crippen LogP contribution in [-0.4, -0.2) is 17.7 Å². The Morgan fingerprint density at radius 1 is 0.800 bits per heavy atom. The molecule has 0 unspecified atom stereocenters. The van der Waals surface area contributed by atoms with Gasteiger partial charge in [-0.25, -0.2) is 0 Å². The maximum atomic E-state index is 12.7. The van der Waals surface area contributed by atoms with Gasteiger partial charge >= 0.3 is 0 Å². The lowest BCUT2D eigenvalue weighted by molar-refractivity contribution is -0.117. The number of azo groups is 2. The second-order valence-electron chi connectivity index (χ2n) is 6.54. The van der Waals surface area contributed by atoms with E-state index in [1.54, 1.807) is 55.5 Å². The number of carbonyl (C=O) groups is 1. The zero-order valence-corrected chi connectivity index (χ0v) is 16.8. The van der Waals surface area contributed by atoms with Gasteiger partial charge < -0.3 is 0 Å². The highest BCUT2D eigenvalue weighted by molar-refractivity contribution is 6.30. The molecule has 0 N–H and O–H groups in total. The lowest BCUT2D eigenvalue weighted by Gasteiger charge is -2.12. The number of nitrogens with zero attached hydrogens (tertiary/aromatic N) is 6. The summed E-state index contributed by atoms with van der Waals surface area (Å²) in [7, 11) is 0. The van der Waals surface area contributed by atoms with Crippen LogP contribution in [0.1, 0.15) is 6.92 Å². The van der Waals surface area contributed by atoms with Crippen molar-refractivity contribution >= 4 is 46.0 Å². The molecule has 3 aromatic rings. The first-order valence-electron chi connectivity index (χ1n) is 9.22. The normalized spacial score (nSPS) is 16.6. The van der Waals surface area contributed by atoms with Gasteiger partial charge in [-0.2, -0.15) is 30.6 Å². The summed E-state index contributed by atoms with van der Waals surface area (Å²) < 4.78 is 0. The molecule has 0 radical (unpaired) electrons. The molecule has 1 atom stereocenters. The average Bonchev–Trinajstić information content (AvgIpc) is 3.06. The maximum absolute atomic E-state index is 12.7. The van der Waals surface area contributed by atoms with E-state index in [4.69, 9.17) is 11.6 Å². The van der Waals surface area contributed by atoms with Gasteiger partial charge in [-0.3, -0.25) is 4.79 Å². The third-order valence-corrected chi connectivity index (χ3v) is 4.59. The number of benzene rings is 3. The number of anilines is 1. The maximum Gasteiger partial charge on any atom is 0.280 e. The second-order valence-corrected chi connectivity index (χ2v) is 6.97. The molecular formula is C22H17ClN6O. The van der Waals surface area contributed by atoms with E-state index in [1.165, 1.54) is 5.01 Å². The molecule has 1 amide bonds. The molecule has 1 aliphatic heterocycles. The van der Waals surface area contributed by atoms with Gasteiger partial charge in [0.15, 0.2) is 6.04 Å². The van der Waals surface area contributed by atoms with Gasteiger partial charge in [-0.1, -0.05) is 29.8 Å². The Hall–Kier alpha value is -3.71. The number of carbonyl (C=O) groups excluding carboxylic acids is 1. The van der Waals surface area contributed by atoms with Gasteiger partial charge in [0.05, 0.1) is 28.5 Å². The van der Waals surface area contributed by atoms with Crippen LogP contribution < -0.4 is 5.01 Å². The van der Waals surface area contributed by atoms with Crippen LogP contribution in [0.2, 0.25) is 5.02 Å². The van der Waals surface area contributed by atoms with Crippen molar-refractivity contribution in [2.45, 2.75) is 13.0 Å². The molecule has 0 aliphatic carbocycles. The van der Waals surface area contributed by atoms with Crippen LogP contribution in [-0.2, 0) is 4.79 Å². The topological polar surface area (TPSA) is 82.1 Å². The summed E-state index contributed by atoms with van der Waals surface area (Å²) in [6, 6.07) is 22.7. The first-order chi connectivity index (χ1) is 14.6. The summed E-state index contributed by atoms with van der Waals surface area (Å²) in [5.41, 5.74) is 3.29. The Labute approximate surface area is 178 Å². The largest absolute Gasteiger partial charge is 0.280 e. The van der Waals surface area contributed by atoms with Crippen LogP contribution in [0.15, 0.2) is 104 Å². The van der Waals surface area contributed by atoms with Crippen molar-refractivity contribution < 1.29 is 4.79 Å². The van der Waals surface area contributed by atoms with Gasteiger partial charge in [0.1, 0.15) is 0 Å². The summed E-state index contributed by atoms with van der Waals surface area (Å²) in [4.78, 5) is 12.7. The SMILES string of the molecule is CC1=NN(c2ccc(Cl)cc2)C(=O)[C@@H]1N=Nc1ccc(N=Nc2ccccc2)cc1. The van der Waals surface area contributed by atoms with Crippen LogP contribution in [0.3, 0.4) is 0 Å². The quantitative estimate of drug-likeness (QED) is 0.429. The summed E-state index contributed by atoms with van der Waals surface area (Å²) >= 11 is 5.91. The lowest BCUT2D eigenvalue weighted by atomic mass is 10.2. The highest BCUT2D eigenvalue weighted by Crippen LogP contribution is 2.26. The van der Waals surface area contributed by atoms with Crippen molar-refractivity contribution in [2.24, 2.45) is 25.6 Å². The molecule has 1 heterocycles. The number of hydrogen-bond donors (Lipinski definition) is 0. The summed E-state index contributed by atoms with van der Waals surface area (Å²) in [5, 5.41) is 23.0. The first kappa shape index (κ1) is 19.6. The molecule has 0 saturated heterocycles. The first-order valence-corrected chi connectivity index (χ1v) is 9.60. The predicted octanol–water partition coefficient (Wildman–Crippen LogP) is 6.63. The molecular weight excluding hydrogens is 400 g/mol. The fourth-order valence-electron chi connectivity index (χ4n) is 2.78. The number of hydrogen-bond acceptors (Lipinski definition) is 6. The van der Waals surface area contributed by atoms with E-state index in [1.807, 2.05) is 30.3 Å². The zero-order chi connectivity index (χ0) is 20.9. The number of amides is 1. The summed E-state index contributed by atoms with van der Waals surface area (Å²) in [6.45, 7) is 1.75.